The van der Waals surface area contributed by atoms with Crippen molar-refractivity contribution in [3.05, 3.63) is 23.8 Å². The molecule has 94 valence electrons. The van der Waals surface area contributed by atoms with Crippen molar-refractivity contribution in [1.29, 1.82) is 0 Å². The topological polar surface area (TPSA) is 29.3 Å². The predicted octanol–water partition coefficient (Wildman–Crippen LogP) is 3.59. The van der Waals surface area contributed by atoms with Gasteiger partial charge in [0.2, 0.25) is 0 Å². The molecular formula is C15H24N2. The largest absolute Gasteiger partial charge is 0.399 e. The van der Waals surface area contributed by atoms with Gasteiger partial charge in [-0.15, -0.1) is 0 Å². The molecule has 0 bridgehead atoms. The fraction of sp³-hybridized carbons (Fsp3) is 0.600. The zero-order valence-corrected chi connectivity index (χ0v) is 11.1. The van der Waals surface area contributed by atoms with Crippen LogP contribution in [-0.2, 0) is 0 Å². The Hall–Kier alpha value is -1.18. The van der Waals surface area contributed by atoms with Gasteiger partial charge in [0.05, 0.1) is 0 Å². The van der Waals surface area contributed by atoms with Crippen LogP contribution in [0.25, 0.3) is 0 Å². The minimum absolute atomic E-state index is 0.885. The minimum Gasteiger partial charge on any atom is -0.399 e. The number of piperidine rings is 1. The maximum Gasteiger partial charge on any atom is 0.0389 e. The molecule has 1 heterocycles. The molecule has 1 fully saturated rings. The number of nitrogens with zero attached hydrogens (tertiary/aromatic N) is 1. The molecule has 0 aliphatic carbocycles. The monoisotopic (exact) mass is 232 g/mol. The van der Waals surface area contributed by atoms with E-state index in [9.17, 15) is 0 Å². The van der Waals surface area contributed by atoms with Crippen LogP contribution in [0.5, 0.6) is 0 Å². The molecule has 2 heteroatoms. The molecule has 1 aromatic rings. The third-order valence-electron chi connectivity index (χ3n) is 3.76. The molecule has 1 saturated heterocycles. The first-order valence-electron chi connectivity index (χ1n) is 6.81. The Morgan fingerprint density at radius 2 is 1.94 bits per heavy atom. The van der Waals surface area contributed by atoms with Crippen LogP contribution in [0.3, 0.4) is 0 Å². The standard InChI is InChI=1S/C15H24N2/c1-3-4-13-5-7-17(8-6-13)15-10-12(2)9-14(16)11-15/h9-11,13H,3-8,16H2,1-2H3. The minimum atomic E-state index is 0.885. The Balaban J connectivity index is 2.00. The van der Waals surface area contributed by atoms with Gasteiger partial charge in [-0.3, -0.25) is 0 Å². The number of rotatable bonds is 3. The van der Waals surface area contributed by atoms with E-state index in [1.54, 1.807) is 0 Å². The lowest BCUT2D eigenvalue weighted by Gasteiger charge is -2.34. The van der Waals surface area contributed by atoms with E-state index in [0.717, 1.165) is 11.6 Å². The van der Waals surface area contributed by atoms with Crippen LogP contribution in [0.15, 0.2) is 18.2 Å². The van der Waals surface area contributed by atoms with Crippen molar-refractivity contribution in [2.75, 3.05) is 23.7 Å². The SMILES string of the molecule is CCCC1CCN(c2cc(C)cc(N)c2)CC1. The van der Waals surface area contributed by atoms with Crippen molar-refractivity contribution in [3.63, 3.8) is 0 Å². The summed E-state index contributed by atoms with van der Waals surface area (Å²) >= 11 is 0. The van der Waals surface area contributed by atoms with Crippen LogP contribution in [0, 0.1) is 12.8 Å². The molecule has 0 saturated carbocycles. The van der Waals surface area contributed by atoms with Crippen LogP contribution in [0.1, 0.15) is 38.2 Å². The van der Waals surface area contributed by atoms with Crippen molar-refractivity contribution in [1.82, 2.24) is 0 Å². The zero-order chi connectivity index (χ0) is 12.3. The van der Waals surface area contributed by atoms with E-state index in [1.807, 2.05) is 6.07 Å². The van der Waals surface area contributed by atoms with Crippen molar-refractivity contribution in [3.8, 4) is 0 Å². The first-order chi connectivity index (χ1) is 8.19. The summed E-state index contributed by atoms with van der Waals surface area (Å²) in [6.45, 7) is 6.78. The lowest BCUT2D eigenvalue weighted by molar-refractivity contribution is 0.378. The molecule has 0 aromatic heterocycles. The molecule has 0 unspecified atom stereocenters. The quantitative estimate of drug-likeness (QED) is 0.807. The van der Waals surface area contributed by atoms with E-state index in [0.29, 0.717) is 0 Å². The molecule has 0 radical (unpaired) electrons. The summed E-state index contributed by atoms with van der Waals surface area (Å²) in [6, 6.07) is 6.39. The lowest BCUT2D eigenvalue weighted by atomic mass is 9.92. The molecule has 0 atom stereocenters. The number of benzene rings is 1. The lowest BCUT2D eigenvalue weighted by Crippen LogP contribution is -2.33. The van der Waals surface area contributed by atoms with Crippen molar-refractivity contribution < 1.29 is 0 Å². The van der Waals surface area contributed by atoms with Gasteiger partial charge < -0.3 is 10.6 Å². The highest BCUT2D eigenvalue weighted by Gasteiger charge is 2.18. The van der Waals surface area contributed by atoms with Gasteiger partial charge in [0.1, 0.15) is 0 Å². The van der Waals surface area contributed by atoms with Gasteiger partial charge in [0.25, 0.3) is 0 Å². The normalized spacial score (nSPS) is 17.4. The summed E-state index contributed by atoms with van der Waals surface area (Å²) in [4.78, 5) is 2.48. The second-order valence-corrected chi connectivity index (χ2v) is 5.32. The number of nitrogens with two attached hydrogens (primary N) is 1. The second kappa shape index (κ2) is 5.44. The number of hydrogen-bond donors (Lipinski definition) is 1. The highest BCUT2D eigenvalue weighted by atomic mass is 15.1. The van der Waals surface area contributed by atoms with Crippen LogP contribution in [0.2, 0.25) is 0 Å². The molecule has 1 aliphatic heterocycles. The summed E-state index contributed by atoms with van der Waals surface area (Å²) in [5.41, 5.74) is 9.36. The third kappa shape index (κ3) is 3.15. The highest BCUT2D eigenvalue weighted by molar-refractivity contribution is 5.58. The van der Waals surface area contributed by atoms with Crippen molar-refractivity contribution >= 4 is 11.4 Å². The second-order valence-electron chi connectivity index (χ2n) is 5.32. The van der Waals surface area contributed by atoms with Crippen LogP contribution >= 0.6 is 0 Å². The number of hydrogen-bond acceptors (Lipinski definition) is 2. The Labute approximate surface area is 105 Å². The molecule has 0 spiro atoms. The maximum absolute atomic E-state index is 5.91. The first kappa shape index (κ1) is 12.3. The van der Waals surface area contributed by atoms with E-state index < -0.39 is 0 Å². The summed E-state index contributed by atoms with van der Waals surface area (Å²) in [6.07, 6.45) is 5.38. The number of aryl methyl sites for hydroxylation is 1. The van der Waals surface area contributed by atoms with Crippen molar-refractivity contribution in [2.24, 2.45) is 5.92 Å². The molecule has 2 nitrogen and oxygen atoms in total. The fourth-order valence-electron chi connectivity index (χ4n) is 2.86. The average Bonchev–Trinajstić information content (AvgIpc) is 2.29. The molecule has 2 N–H and O–H groups in total. The summed E-state index contributed by atoms with van der Waals surface area (Å²) < 4.78 is 0. The summed E-state index contributed by atoms with van der Waals surface area (Å²) in [5, 5.41) is 0. The van der Waals surface area contributed by atoms with Crippen LogP contribution in [0.4, 0.5) is 11.4 Å². The third-order valence-corrected chi connectivity index (χ3v) is 3.76. The first-order valence-corrected chi connectivity index (χ1v) is 6.81. The number of nitrogen functional groups attached to an aromatic ring is 1. The van der Waals surface area contributed by atoms with Crippen molar-refractivity contribution in [2.45, 2.75) is 39.5 Å². The molecule has 1 aliphatic rings. The van der Waals surface area contributed by atoms with Crippen LogP contribution < -0.4 is 10.6 Å². The molecule has 17 heavy (non-hydrogen) atoms. The number of anilines is 2. The average molecular weight is 232 g/mol. The van der Waals surface area contributed by atoms with Gasteiger partial charge in [0, 0.05) is 24.5 Å². The van der Waals surface area contributed by atoms with E-state index in [4.69, 9.17) is 5.73 Å². The summed E-state index contributed by atoms with van der Waals surface area (Å²) in [5.74, 6) is 0.943. The van der Waals surface area contributed by atoms with Gasteiger partial charge in [0.15, 0.2) is 0 Å². The Kier molecular flexibility index (Phi) is 3.93. The van der Waals surface area contributed by atoms with Gasteiger partial charge in [-0.2, -0.15) is 0 Å². The van der Waals surface area contributed by atoms with E-state index >= 15 is 0 Å². The predicted molar refractivity (Wildman–Crippen MR) is 75.4 cm³/mol. The maximum atomic E-state index is 5.91. The van der Waals surface area contributed by atoms with Gasteiger partial charge in [-0.05, 0) is 49.4 Å². The molecule has 1 aromatic carbocycles. The van der Waals surface area contributed by atoms with E-state index in [-0.39, 0.29) is 0 Å². The molecule has 0 amide bonds. The Bertz CT molecular complexity index is 345. The Morgan fingerprint density at radius 3 is 2.53 bits per heavy atom. The summed E-state index contributed by atoms with van der Waals surface area (Å²) in [7, 11) is 0. The smallest absolute Gasteiger partial charge is 0.0389 e. The highest BCUT2D eigenvalue weighted by Crippen LogP contribution is 2.27. The van der Waals surface area contributed by atoms with E-state index in [1.165, 1.54) is 50.0 Å². The van der Waals surface area contributed by atoms with E-state index in [2.05, 4.69) is 30.9 Å². The molecule has 2 rings (SSSR count). The van der Waals surface area contributed by atoms with Gasteiger partial charge >= 0.3 is 0 Å². The van der Waals surface area contributed by atoms with Gasteiger partial charge in [-0.25, -0.2) is 0 Å². The molecular weight excluding hydrogens is 208 g/mol. The Morgan fingerprint density at radius 1 is 1.24 bits per heavy atom. The zero-order valence-electron chi connectivity index (χ0n) is 11.1. The van der Waals surface area contributed by atoms with Gasteiger partial charge in [-0.1, -0.05) is 19.8 Å². The fourth-order valence-corrected chi connectivity index (χ4v) is 2.86. The van der Waals surface area contributed by atoms with Crippen LogP contribution in [-0.4, -0.2) is 13.1 Å².